The lowest BCUT2D eigenvalue weighted by molar-refractivity contribution is -0.274. The molecular formula is C9H3ClF3O2. The van der Waals surface area contributed by atoms with Crippen molar-refractivity contribution in [1.82, 2.24) is 0 Å². The predicted octanol–water partition coefficient (Wildman–Crippen LogP) is 3.78. The van der Waals surface area contributed by atoms with Crippen LogP contribution in [0.3, 0.4) is 0 Å². The van der Waals surface area contributed by atoms with Crippen LogP contribution in [-0.2, 0) is 0 Å². The van der Waals surface area contributed by atoms with Crippen molar-refractivity contribution in [1.29, 1.82) is 0 Å². The SMILES string of the molecule is FC(F)(F)Oc1ccc2[c]coc2c1Cl. The topological polar surface area (TPSA) is 22.4 Å². The molecule has 0 aliphatic rings. The second-order valence-corrected chi connectivity index (χ2v) is 3.06. The molecular weight excluding hydrogens is 233 g/mol. The van der Waals surface area contributed by atoms with E-state index in [0.29, 0.717) is 5.39 Å². The van der Waals surface area contributed by atoms with E-state index >= 15 is 0 Å². The molecule has 2 aromatic rings. The molecule has 6 heteroatoms. The van der Waals surface area contributed by atoms with E-state index in [4.69, 9.17) is 16.0 Å². The number of ether oxygens (including phenoxy) is 1. The predicted molar refractivity (Wildman–Crippen MR) is 46.7 cm³/mol. The molecule has 0 saturated heterocycles. The van der Waals surface area contributed by atoms with Gasteiger partial charge in [0.2, 0.25) is 0 Å². The third-order valence-corrected chi connectivity index (χ3v) is 2.04. The Morgan fingerprint density at radius 1 is 1.33 bits per heavy atom. The van der Waals surface area contributed by atoms with Crippen molar-refractivity contribution in [2.24, 2.45) is 0 Å². The Morgan fingerprint density at radius 2 is 2.07 bits per heavy atom. The molecule has 2 nitrogen and oxygen atoms in total. The molecule has 0 amide bonds. The first-order chi connectivity index (χ1) is 6.97. The Bertz CT molecular complexity index is 490. The molecule has 0 spiro atoms. The highest BCUT2D eigenvalue weighted by molar-refractivity contribution is 6.36. The van der Waals surface area contributed by atoms with Gasteiger partial charge in [-0.3, -0.25) is 0 Å². The van der Waals surface area contributed by atoms with Crippen LogP contribution in [0.4, 0.5) is 13.2 Å². The first kappa shape index (κ1) is 10.2. The van der Waals surface area contributed by atoms with Gasteiger partial charge < -0.3 is 9.15 Å². The average molecular weight is 236 g/mol. The quantitative estimate of drug-likeness (QED) is 0.750. The van der Waals surface area contributed by atoms with E-state index in [1.165, 1.54) is 12.3 Å². The zero-order chi connectivity index (χ0) is 11.1. The number of halogens is 4. The van der Waals surface area contributed by atoms with Gasteiger partial charge in [0.25, 0.3) is 0 Å². The van der Waals surface area contributed by atoms with Gasteiger partial charge in [0.1, 0.15) is 5.02 Å². The maximum atomic E-state index is 11.9. The first-order valence-electron chi connectivity index (χ1n) is 3.80. The summed E-state index contributed by atoms with van der Waals surface area (Å²) in [6.07, 6.45) is -3.55. The summed E-state index contributed by atoms with van der Waals surface area (Å²) in [4.78, 5) is 0. The second-order valence-electron chi connectivity index (χ2n) is 2.68. The average Bonchev–Trinajstić information content (AvgIpc) is 2.56. The van der Waals surface area contributed by atoms with Crippen LogP contribution in [-0.4, -0.2) is 6.36 Å². The van der Waals surface area contributed by atoms with Crippen molar-refractivity contribution < 1.29 is 22.3 Å². The molecule has 0 aliphatic heterocycles. The summed E-state index contributed by atoms with van der Waals surface area (Å²) in [5, 5.41) is 0.278. The second kappa shape index (κ2) is 3.34. The van der Waals surface area contributed by atoms with E-state index in [0.717, 1.165) is 6.07 Å². The van der Waals surface area contributed by atoms with E-state index in [9.17, 15) is 13.2 Å². The smallest absolute Gasteiger partial charge is 0.462 e. The fraction of sp³-hybridized carbons (Fsp3) is 0.111. The summed E-state index contributed by atoms with van der Waals surface area (Å²) in [6.45, 7) is 0. The number of hydrogen-bond acceptors (Lipinski definition) is 2. The van der Waals surface area contributed by atoms with Crippen LogP contribution in [0.25, 0.3) is 11.0 Å². The van der Waals surface area contributed by atoms with Crippen molar-refractivity contribution in [2.75, 3.05) is 0 Å². The van der Waals surface area contributed by atoms with Gasteiger partial charge in [-0.1, -0.05) is 11.6 Å². The summed E-state index contributed by atoms with van der Waals surface area (Å²) in [6, 6.07) is 5.16. The summed E-state index contributed by atoms with van der Waals surface area (Å²) in [5.41, 5.74) is 0.124. The minimum absolute atomic E-state index is 0.124. The van der Waals surface area contributed by atoms with E-state index in [1.54, 1.807) is 0 Å². The largest absolute Gasteiger partial charge is 0.573 e. The Balaban J connectivity index is 2.48. The van der Waals surface area contributed by atoms with Crippen LogP contribution >= 0.6 is 11.6 Å². The molecule has 15 heavy (non-hydrogen) atoms. The number of hydrogen-bond donors (Lipinski definition) is 0. The van der Waals surface area contributed by atoms with Crippen molar-refractivity contribution in [3.63, 3.8) is 0 Å². The maximum absolute atomic E-state index is 11.9. The van der Waals surface area contributed by atoms with Crippen LogP contribution < -0.4 is 4.74 Å². The molecule has 0 N–H and O–H groups in total. The van der Waals surface area contributed by atoms with E-state index in [1.807, 2.05) is 0 Å². The zero-order valence-corrected chi connectivity index (χ0v) is 7.82. The zero-order valence-electron chi connectivity index (χ0n) is 7.06. The number of furan rings is 1. The molecule has 0 unspecified atom stereocenters. The Morgan fingerprint density at radius 3 is 2.73 bits per heavy atom. The molecule has 1 aromatic carbocycles. The highest BCUT2D eigenvalue weighted by Gasteiger charge is 2.32. The number of alkyl halides is 3. The fourth-order valence-corrected chi connectivity index (χ4v) is 1.37. The van der Waals surface area contributed by atoms with Crippen molar-refractivity contribution in [3.05, 3.63) is 29.5 Å². The highest BCUT2D eigenvalue weighted by atomic mass is 35.5. The summed E-state index contributed by atoms with van der Waals surface area (Å²) >= 11 is 5.65. The third-order valence-electron chi connectivity index (χ3n) is 1.68. The first-order valence-corrected chi connectivity index (χ1v) is 4.18. The van der Waals surface area contributed by atoms with Gasteiger partial charge in [0.05, 0.1) is 6.26 Å². The van der Waals surface area contributed by atoms with Gasteiger partial charge in [0, 0.05) is 11.5 Å². The Kier molecular flexibility index (Phi) is 2.26. The summed E-state index contributed by atoms with van der Waals surface area (Å²) in [7, 11) is 0. The van der Waals surface area contributed by atoms with Crippen LogP contribution in [0.1, 0.15) is 0 Å². The summed E-state index contributed by atoms with van der Waals surface area (Å²) < 4.78 is 44.4. The van der Waals surface area contributed by atoms with Crippen LogP contribution in [0.15, 0.2) is 22.8 Å². The molecule has 0 atom stereocenters. The standard InChI is InChI=1S/C9H3ClF3O2/c10-7-6(15-9(11,12)13)2-1-5-3-4-14-8(5)7/h1-2,4H. The minimum Gasteiger partial charge on any atom is -0.462 e. The monoisotopic (exact) mass is 235 g/mol. The molecule has 79 valence electrons. The lowest BCUT2D eigenvalue weighted by Gasteiger charge is -2.09. The Hall–Kier alpha value is -1.36. The van der Waals surface area contributed by atoms with Gasteiger partial charge in [-0.2, -0.15) is 0 Å². The number of rotatable bonds is 1. The maximum Gasteiger partial charge on any atom is 0.573 e. The molecule has 0 saturated carbocycles. The molecule has 2 rings (SSSR count). The number of benzene rings is 1. The third kappa shape index (κ3) is 2.02. The lowest BCUT2D eigenvalue weighted by atomic mass is 10.2. The minimum atomic E-state index is -4.77. The molecule has 1 radical (unpaired) electrons. The summed E-state index contributed by atoms with van der Waals surface area (Å²) in [5.74, 6) is -0.486. The van der Waals surface area contributed by atoms with Gasteiger partial charge in [0.15, 0.2) is 11.3 Å². The van der Waals surface area contributed by atoms with E-state index < -0.39 is 12.1 Å². The van der Waals surface area contributed by atoms with Crippen LogP contribution in [0, 0.1) is 6.07 Å². The van der Waals surface area contributed by atoms with Crippen molar-refractivity contribution in [2.45, 2.75) is 6.36 Å². The molecule has 1 heterocycles. The van der Waals surface area contributed by atoms with Gasteiger partial charge in [-0.25, -0.2) is 0 Å². The normalized spacial score (nSPS) is 12.0. The number of fused-ring (bicyclic) bond motifs is 1. The van der Waals surface area contributed by atoms with Crippen molar-refractivity contribution in [3.8, 4) is 5.75 Å². The van der Waals surface area contributed by atoms with E-state index in [-0.39, 0.29) is 10.6 Å². The fourth-order valence-electron chi connectivity index (χ4n) is 1.12. The Labute approximate surface area is 87.2 Å². The van der Waals surface area contributed by atoms with Gasteiger partial charge in [-0.05, 0) is 12.1 Å². The molecule has 0 bridgehead atoms. The highest BCUT2D eigenvalue weighted by Crippen LogP contribution is 2.35. The molecule has 0 fully saturated rings. The van der Waals surface area contributed by atoms with Crippen LogP contribution in [0.2, 0.25) is 5.02 Å². The van der Waals surface area contributed by atoms with Gasteiger partial charge >= 0.3 is 6.36 Å². The van der Waals surface area contributed by atoms with Gasteiger partial charge in [-0.15, -0.1) is 13.2 Å². The molecule has 1 aromatic heterocycles. The van der Waals surface area contributed by atoms with Crippen molar-refractivity contribution >= 4 is 22.6 Å². The van der Waals surface area contributed by atoms with Crippen LogP contribution in [0.5, 0.6) is 5.75 Å². The lowest BCUT2D eigenvalue weighted by Crippen LogP contribution is -2.17. The molecule has 0 aliphatic carbocycles. The van der Waals surface area contributed by atoms with E-state index in [2.05, 4.69) is 10.8 Å².